The summed E-state index contributed by atoms with van der Waals surface area (Å²) in [6, 6.07) is 12.0. The average molecular weight is 414 g/mol. The molecule has 1 atom stereocenters. The summed E-state index contributed by atoms with van der Waals surface area (Å²) in [7, 11) is -3.75. The van der Waals surface area contributed by atoms with E-state index < -0.39 is 21.0 Å². The van der Waals surface area contributed by atoms with Crippen LogP contribution in [0.2, 0.25) is 0 Å². The lowest BCUT2D eigenvalue weighted by atomic mass is 10.1. The molecule has 4 rings (SSSR count). The van der Waals surface area contributed by atoms with Gasteiger partial charge in [-0.1, -0.05) is 24.3 Å². The summed E-state index contributed by atoms with van der Waals surface area (Å²) >= 11 is 0. The van der Waals surface area contributed by atoms with Gasteiger partial charge in [-0.2, -0.15) is 8.42 Å². The summed E-state index contributed by atoms with van der Waals surface area (Å²) in [5.74, 6) is 0.0823. The van der Waals surface area contributed by atoms with Crippen molar-refractivity contribution in [3.05, 3.63) is 69.8 Å². The van der Waals surface area contributed by atoms with Gasteiger partial charge in [0.2, 0.25) is 5.91 Å². The zero-order chi connectivity index (χ0) is 20.6. The van der Waals surface area contributed by atoms with E-state index in [0.717, 1.165) is 12.0 Å². The van der Waals surface area contributed by atoms with Crippen LogP contribution in [0.25, 0.3) is 0 Å². The van der Waals surface area contributed by atoms with Gasteiger partial charge < -0.3 is 10.2 Å². The Morgan fingerprint density at radius 1 is 1.21 bits per heavy atom. The van der Waals surface area contributed by atoms with Crippen LogP contribution in [-0.4, -0.2) is 42.6 Å². The molecular formula is C19H18N4O5S. The summed E-state index contributed by atoms with van der Waals surface area (Å²) in [6.45, 7) is 0.765. The quantitative estimate of drug-likeness (QED) is 0.602. The van der Waals surface area contributed by atoms with Crippen molar-refractivity contribution in [2.45, 2.75) is 30.3 Å². The van der Waals surface area contributed by atoms with Crippen LogP contribution in [0.3, 0.4) is 0 Å². The Kier molecular flexibility index (Phi) is 4.79. The number of carbonyl (C=O) groups excluding carboxylic acids is 1. The summed E-state index contributed by atoms with van der Waals surface area (Å²) in [5.41, 5.74) is 1.24. The minimum atomic E-state index is -3.75. The number of carbonyl (C=O) groups is 1. The first-order chi connectivity index (χ1) is 13.9. The molecule has 2 aliphatic rings. The van der Waals surface area contributed by atoms with E-state index in [-0.39, 0.29) is 23.0 Å². The van der Waals surface area contributed by atoms with Gasteiger partial charge in [0, 0.05) is 30.8 Å². The number of nitro benzene ring substituents is 1. The van der Waals surface area contributed by atoms with Crippen molar-refractivity contribution in [3.63, 3.8) is 0 Å². The molecular weight excluding hydrogens is 396 g/mol. The molecule has 2 aromatic rings. The zero-order valence-electron chi connectivity index (χ0n) is 15.3. The number of nitrogens with one attached hydrogen (secondary N) is 1. The maximum absolute atomic E-state index is 12.8. The number of rotatable bonds is 4. The molecule has 9 nitrogen and oxygen atoms in total. The smallest absolute Gasteiger partial charge is 0.285 e. The lowest BCUT2D eigenvalue weighted by Crippen LogP contribution is -2.45. The molecule has 0 spiro atoms. The molecule has 150 valence electrons. The van der Waals surface area contributed by atoms with Gasteiger partial charge in [-0.15, -0.1) is 4.40 Å². The predicted molar refractivity (Wildman–Crippen MR) is 105 cm³/mol. The molecule has 2 heterocycles. The third-order valence-corrected chi connectivity index (χ3v) is 6.38. The Morgan fingerprint density at radius 3 is 2.66 bits per heavy atom. The molecule has 10 heteroatoms. The van der Waals surface area contributed by atoms with Crippen molar-refractivity contribution in [1.82, 2.24) is 10.2 Å². The summed E-state index contributed by atoms with van der Waals surface area (Å²) in [4.78, 5) is 24.9. The molecule has 0 unspecified atom stereocenters. The number of hydrogen-bond acceptors (Lipinski definition) is 6. The van der Waals surface area contributed by atoms with E-state index in [1.165, 1.54) is 18.2 Å². The Bertz CT molecular complexity index is 1110. The van der Waals surface area contributed by atoms with E-state index in [2.05, 4.69) is 9.71 Å². The van der Waals surface area contributed by atoms with E-state index in [9.17, 15) is 23.3 Å². The number of amides is 1. The van der Waals surface area contributed by atoms with E-state index in [1.807, 2.05) is 0 Å². The van der Waals surface area contributed by atoms with Crippen LogP contribution < -0.4 is 5.32 Å². The molecule has 1 fully saturated rings. The minimum absolute atomic E-state index is 0.0128. The van der Waals surface area contributed by atoms with Gasteiger partial charge >= 0.3 is 0 Å². The van der Waals surface area contributed by atoms with Crippen LogP contribution in [0.1, 0.15) is 24.0 Å². The number of amidine groups is 1. The number of sulfonamides is 1. The summed E-state index contributed by atoms with van der Waals surface area (Å²) in [5, 5.41) is 13.6. The first-order valence-electron chi connectivity index (χ1n) is 9.09. The molecule has 0 radical (unpaired) electrons. The molecule has 0 bridgehead atoms. The highest BCUT2D eigenvalue weighted by Crippen LogP contribution is 2.31. The van der Waals surface area contributed by atoms with Crippen molar-refractivity contribution >= 4 is 27.5 Å². The number of benzene rings is 2. The van der Waals surface area contributed by atoms with Crippen LogP contribution in [0, 0.1) is 10.1 Å². The van der Waals surface area contributed by atoms with Crippen molar-refractivity contribution in [1.29, 1.82) is 0 Å². The van der Waals surface area contributed by atoms with Crippen molar-refractivity contribution < 1.29 is 18.1 Å². The largest absolute Gasteiger partial charge is 0.350 e. The lowest BCUT2D eigenvalue weighted by molar-refractivity contribution is -0.384. The maximum Gasteiger partial charge on any atom is 0.285 e. The Morgan fingerprint density at radius 2 is 1.93 bits per heavy atom. The maximum atomic E-state index is 12.8. The topological polar surface area (TPSA) is 122 Å². The Hall–Kier alpha value is -3.27. The standard InChI is InChI=1S/C19H18N4O5S/c24-19(20-12-13-7-9-14(10-8-13)23(25)26)16-5-3-11-22(16)18-15-4-1-2-6-17(15)29(27,28)21-18/h1-2,4,6-10,16H,3,5,11-12H2,(H,20,24)/t16-/m0/s1. The minimum Gasteiger partial charge on any atom is -0.350 e. The summed E-state index contributed by atoms with van der Waals surface area (Å²) in [6.07, 6.45) is 1.34. The fraction of sp³-hybridized carbons (Fsp3) is 0.263. The Balaban J connectivity index is 1.49. The Labute approximate surface area is 167 Å². The molecule has 0 saturated carbocycles. The van der Waals surface area contributed by atoms with Gasteiger partial charge in [-0.3, -0.25) is 14.9 Å². The van der Waals surface area contributed by atoms with Crippen LogP contribution in [0.4, 0.5) is 5.69 Å². The van der Waals surface area contributed by atoms with Crippen LogP contribution in [0.15, 0.2) is 57.8 Å². The van der Waals surface area contributed by atoms with Gasteiger partial charge in [0.05, 0.1) is 4.92 Å². The van der Waals surface area contributed by atoms with E-state index in [1.54, 1.807) is 35.2 Å². The molecule has 1 N–H and O–H groups in total. The lowest BCUT2D eigenvalue weighted by Gasteiger charge is -2.25. The van der Waals surface area contributed by atoms with Crippen molar-refractivity contribution in [3.8, 4) is 0 Å². The average Bonchev–Trinajstić information content (AvgIpc) is 3.29. The van der Waals surface area contributed by atoms with Gasteiger partial charge in [0.1, 0.15) is 10.9 Å². The van der Waals surface area contributed by atoms with Gasteiger partial charge in [-0.05, 0) is 30.5 Å². The molecule has 1 amide bonds. The first kappa shape index (κ1) is 19.1. The second kappa shape index (κ2) is 7.28. The molecule has 0 aliphatic carbocycles. The normalized spacial score (nSPS) is 19.5. The third kappa shape index (κ3) is 3.58. The van der Waals surface area contributed by atoms with Crippen molar-refractivity contribution in [2.24, 2.45) is 4.40 Å². The second-order valence-corrected chi connectivity index (χ2v) is 8.45. The number of nitro groups is 1. The van der Waals surface area contributed by atoms with Gasteiger partial charge in [-0.25, -0.2) is 0 Å². The number of likely N-dealkylation sites (tertiary alicyclic amines) is 1. The monoisotopic (exact) mass is 414 g/mol. The van der Waals surface area contributed by atoms with E-state index in [0.29, 0.717) is 24.4 Å². The van der Waals surface area contributed by atoms with E-state index >= 15 is 0 Å². The molecule has 0 aromatic heterocycles. The van der Waals surface area contributed by atoms with Crippen molar-refractivity contribution in [2.75, 3.05) is 6.54 Å². The highest BCUT2D eigenvalue weighted by Gasteiger charge is 2.39. The number of non-ortho nitro benzene ring substituents is 1. The highest BCUT2D eigenvalue weighted by molar-refractivity contribution is 7.90. The van der Waals surface area contributed by atoms with Crippen LogP contribution >= 0.6 is 0 Å². The van der Waals surface area contributed by atoms with Crippen LogP contribution in [0.5, 0.6) is 0 Å². The number of nitrogens with zero attached hydrogens (tertiary/aromatic N) is 3. The number of hydrogen-bond donors (Lipinski definition) is 1. The van der Waals surface area contributed by atoms with Crippen LogP contribution in [-0.2, 0) is 21.4 Å². The fourth-order valence-corrected chi connectivity index (χ4v) is 4.85. The SMILES string of the molecule is O=C(NCc1ccc([N+](=O)[O-])cc1)[C@@H]1CCCN1C1=NS(=O)(=O)c2ccccc21. The molecule has 29 heavy (non-hydrogen) atoms. The molecule has 2 aliphatic heterocycles. The zero-order valence-corrected chi connectivity index (χ0v) is 16.1. The molecule has 1 saturated heterocycles. The highest BCUT2D eigenvalue weighted by atomic mass is 32.2. The first-order valence-corrected chi connectivity index (χ1v) is 10.5. The van der Waals surface area contributed by atoms with E-state index in [4.69, 9.17) is 0 Å². The fourth-order valence-electron chi connectivity index (χ4n) is 3.63. The number of fused-ring (bicyclic) bond motifs is 1. The summed E-state index contributed by atoms with van der Waals surface area (Å²) < 4.78 is 28.6. The van der Waals surface area contributed by atoms with Gasteiger partial charge in [0.25, 0.3) is 15.7 Å². The second-order valence-electron chi connectivity index (χ2n) is 6.88. The molecule has 2 aromatic carbocycles. The van der Waals surface area contributed by atoms with Gasteiger partial charge in [0.15, 0.2) is 5.84 Å². The third-order valence-electron chi connectivity index (χ3n) is 5.05. The predicted octanol–water partition coefficient (Wildman–Crippen LogP) is 1.82.